The summed E-state index contributed by atoms with van der Waals surface area (Å²) in [5, 5.41) is 0. The third kappa shape index (κ3) is 4.23. The van der Waals surface area contributed by atoms with E-state index in [1.807, 2.05) is 13.0 Å². The zero-order valence-corrected chi connectivity index (χ0v) is 17.4. The van der Waals surface area contributed by atoms with E-state index < -0.39 is 17.7 Å². The van der Waals surface area contributed by atoms with Gasteiger partial charge in [0.2, 0.25) is 0 Å². The number of carbonyl (C=O) groups is 1. The van der Waals surface area contributed by atoms with Crippen LogP contribution in [0.2, 0.25) is 0 Å². The summed E-state index contributed by atoms with van der Waals surface area (Å²) in [5.74, 6) is 0.236. The number of furan rings is 1. The molecule has 0 fully saturated rings. The SMILES string of the molecule is COC(=O)c1ccc(C2=N[C@H](C)C(c3ccco3)=C2Cc2ccc(C(F)(F)F)cc2)cc1. The Morgan fingerprint density at radius 1 is 1.06 bits per heavy atom. The van der Waals surface area contributed by atoms with Gasteiger partial charge in [0.25, 0.3) is 0 Å². The molecule has 1 aromatic heterocycles. The maximum atomic E-state index is 12.9. The Morgan fingerprint density at radius 3 is 2.31 bits per heavy atom. The van der Waals surface area contributed by atoms with Crippen molar-refractivity contribution in [3.05, 3.63) is 101 Å². The van der Waals surface area contributed by atoms with Crippen LogP contribution in [0.4, 0.5) is 13.2 Å². The van der Waals surface area contributed by atoms with Crippen LogP contribution >= 0.6 is 0 Å². The van der Waals surface area contributed by atoms with Gasteiger partial charge in [0.1, 0.15) is 5.76 Å². The summed E-state index contributed by atoms with van der Waals surface area (Å²) in [5.41, 5.74) is 3.74. The lowest BCUT2D eigenvalue weighted by atomic mass is 9.91. The van der Waals surface area contributed by atoms with Crippen LogP contribution < -0.4 is 0 Å². The molecule has 0 aliphatic carbocycles. The van der Waals surface area contributed by atoms with Gasteiger partial charge in [0, 0.05) is 17.6 Å². The van der Waals surface area contributed by atoms with E-state index in [9.17, 15) is 18.0 Å². The van der Waals surface area contributed by atoms with Gasteiger partial charge in [-0.25, -0.2) is 4.79 Å². The van der Waals surface area contributed by atoms with Crippen LogP contribution in [0.25, 0.3) is 5.57 Å². The fraction of sp³-hybridized carbons (Fsp3) is 0.200. The highest BCUT2D eigenvalue weighted by Gasteiger charge is 2.31. The van der Waals surface area contributed by atoms with Crippen LogP contribution in [0.5, 0.6) is 0 Å². The summed E-state index contributed by atoms with van der Waals surface area (Å²) in [6.07, 6.45) is -2.42. The fourth-order valence-electron chi connectivity index (χ4n) is 3.83. The monoisotopic (exact) mass is 439 g/mol. The van der Waals surface area contributed by atoms with Crippen molar-refractivity contribution in [2.45, 2.75) is 25.6 Å². The lowest BCUT2D eigenvalue weighted by Gasteiger charge is -2.12. The summed E-state index contributed by atoms with van der Waals surface area (Å²) in [7, 11) is 1.32. The molecule has 0 N–H and O–H groups in total. The predicted molar refractivity (Wildman–Crippen MR) is 115 cm³/mol. The molecule has 0 radical (unpaired) electrons. The van der Waals surface area contributed by atoms with E-state index in [2.05, 4.69) is 0 Å². The van der Waals surface area contributed by atoms with Gasteiger partial charge in [-0.3, -0.25) is 4.99 Å². The van der Waals surface area contributed by atoms with E-state index in [1.54, 1.807) is 36.6 Å². The Hall–Kier alpha value is -3.61. The number of benzene rings is 2. The number of hydrogen-bond donors (Lipinski definition) is 0. The molecule has 0 bridgehead atoms. The van der Waals surface area contributed by atoms with Crippen LogP contribution in [0, 0.1) is 0 Å². The van der Waals surface area contributed by atoms with Crippen LogP contribution in [-0.2, 0) is 17.3 Å². The van der Waals surface area contributed by atoms with E-state index in [1.165, 1.54) is 19.2 Å². The summed E-state index contributed by atoms with van der Waals surface area (Å²) < 4.78 is 49.2. The number of hydrogen-bond acceptors (Lipinski definition) is 4. The molecule has 2 aromatic carbocycles. The largest absolute Gasteiger partial charge is 0.465 e. The van der Waals surface area contributed by atoms with Gasteiger partial charge in [-0.05, 0) is 54.5 Å². The first kappa shape index (κ1) is 21.6. The number of esters is 1. The Bertz CT molecular complexity index is 1170. The number of rotatable bonds is 5. The molecule has 1 aliphatic heterocycles. The lowest BCUT2D eigenvalue weighted by Crippen LogP contribution is -2.08. The summed E-state index contributed by atoms with van der Waals surface area (Å²) in [6.45, 7) is 1.94. The third-order valence-electron chi connectivity index (χ3n) is 5.38. The molecule has 32 heavy (non-hydrogen) atoms. The van der Waals surface area contributed by atoms with Crippen molar-refractivity contribution < 1.29 is 27.1 Å². The molecule has 0 spiro atoms. The molecule has 0 saturated carbocycles. The molecule has 7 heteroatoms. The van der Waals surface area contributed by atoms with E-state index >= 15 is 0 Å². The topological polar surface area (TPSA) is 51.8 Å². The number of halogens is 3. The van der Waals surface area contributed by atoms with Gasteiger partial charge in [-0.15, -0.1) is 0 Å². The third-order valence-corrected chi connectivity index (χ3v) is 5.38. The highest BCUT2D eigenvalue weighted by Crippen LogP contribution is 2.36. The van der Waals surface area contributed by atoms with E-state index in [4.69, 9.17) is 14.1 Å². The molecule has 0 saturated heterocycles. The Balaban J connectivity index is 1.73. The molecule has 2 heterocycles. The van der Waals surface area contributed by atoms with Gasteiger partial charge >= 0.3 is 12.1 Å². The predicted octanol–water partition coefficient (Wildman–Crippen LogP) is 5.97. The number of ether oxygens (including phenoxy) is 1. The minimum Gasteiger partial charge on any atom is -0.465 e. The summed E-state index contributed by atoms with van der Waals surface area (Å²) in [6, 6.07) is 15.5. The summed E-state index contributed by atoms with van der Waals surface area (Å²) in [4.78, 5) is 16.6. The van der Waals surface area contributed by atoms with Crippen LogP contribution in [-0.4, -0.2) is 24.8 Å². The van der Waals surface area contributed by atoms with Crippen molar-refractivity contribution >= 4 is 17.3 Å². The zero-order valence-electron chi connectivity index (χ0n) is 17.4. The van der Waals surface area contributed by atoms with Crippen molar-refractivity contribution in [1.82, 2.24) is 0 Å². The highest BCUT2D eigenvalue weighted by molar-refractivity contribution is 6.19. The minimum atomic E-state index is -4.38. The Kier molecular flexibility index (Phi) is 5.74. The molecule has 1 atom stereocenters. The molecular formula is C25H20F3NO3. The minimum absolute atomic E-state index is 0.194. The molecule has 164 valence electrons. The van der Waals surface area contributed by atoms with Gasteiger partial charge in [0.15, 0.2) is 0 Å². The number of aliphatic imine (C=N–C) groups is 1. The van der Waals surface area contributed by atoms with Crippen LogP contribution in [0.1, 0.15) is 39.7 Å². The first-order valence-electron chi connectivity index (χ1n) is 9.98. The number of methoxy groups -OCH3 is 1. The summed E-state index contributed by atoms with van der Waals surface area (Å²) >= 11 is 0. The van der Waals surface area contributed by atoms with Gasteiger partial charge in [-0.2, -0.15) is 13.2 Å². The molecule has 4 rings (SSSR count). The average Bonchev–Trinajstić information content (AvgIpc) is 3.41. The average molecular weight is 439 g/mol. The van der Waals surface area contributed by atoms with Gasteiger partial charge in [-0.1, -0.05) is 24.3 Å². The molecule has 0 amide bonds. The smallest absolute Gasteiger partial charge is 0.416 e. The van der Waals surface area contributed by atoms with E-state index in [-0.39, 0.29) is 6.04 Å². The van der Waals surface area contributed by atoms with Crippen molar-refractivity contribution in [2.24, 2.45) is 4.99 Å². The number of nitrogens with zero attached hydrogens (tertiary/aromatic N) is 1. The van der Waals surface area contributed by atoms with Crippen LogP contribution in [0.15, 0.2) is 81.9 Å². The van der Waals surface area contributed by atoms with Crippen molar-refractivity contribution in [2.75, 3.05) is 7.11 Å². The Labute approximate surface area is 183 Å². The molecule has 4 nitrogen and oxygen atoms in total. The van der Waals surface area contributed by atoms with Crippen molar-refractivity contribution in [3.63, 3.8) is 0 Å². The number of alkyl halides is 3. The maximum Gasteiger partial charge on any atom is 0.416 e. The molecular weight excluding hydrogens is 419 g/mol. The normalized spacial score (nSPS) is 16.3. The standard InChI is InChI=1S/C25H20F3NO3/c1-15-22(21-4-3-13-32-21)20(14-16-5-11-19(12-6-16)25(26,27)28)23(29-15)17-7-9-18(10-8-17)24(30)31-2/h3-13,15H,14H2,1-2H3/t15-/m1/s1. The zero-order chi connectivity index (χ0) is 22.9. The quantitative estimate of drug-likeness (QED) is 0.460. The molecule has 3 aromatic rings. The second-order valence-electron chi connectivity index (χ2n) is 7.46. The second kappa shape index (κ2) is 8.49. The molecule has 0 unspecified atom stereocenters. The number of allylic oxidation sites excluding steroid dienone is 1. The highest BCUT2D eigenvalue weighted by atomic mass is 19.4. The van der Waals surface area contributed by atoms with Crippen LogP contribution in [0.3, 0.4) is 0 Å². The second-order valence-corrected chi connectivity index (χ2v) is 7.46. The fourth-order valence-corrected chi connectivity index (χ4v) is 3.83. The van der Waals surface area contributed by atoms with Crippen molar-refractivity contribution in [3.8, 4) is 0 Å². The van der Waals surface area contributed by atoms with E-state index in [0.29, 0.717) is 17.7 Å². The molecule has 1 aliphatic rings. The Morgan fingerprint density at radius 2 is 1.75 bits per heavy atom. The lowest BCUT2D eigenvalue weighted by molar-refractivity contribution is -0.137. The maximum absolute atomic E-state index is 12.9. The van der Waals surface area contributed by atoms with Gasteiger partial charge < -0.3 is 9.15 Å². The first-order valence-corrected chi connectivity index (χ1v) is 9.98. The van der Waals surface area contributed by atoms with Gasteiger partial charge in [0.05, 0.1) is 36.3 Å². The first-order chi connectivity index (χ1) is 15.3. The van der Waals surface area contributed by atoms with Crippen molar-refractivity contribution in [1.29, 1.82) is 0 Å². The number of carbonyl (C=O) groups excluding carboxylic acids is 1. The van der Waals surface area contributed by atoms with E-state index in [0.717, 1.165) is 40.1 Å².